The SMILES string of the molecule is COCCn1ncc(NCC(=O)OC)c(Cl)c1=O. The molecule has 0 aliphatic carbocycles. The first-order valence-corrected chi connectivity index (χ1v) is 5.53. The molecule has 0 aromatic carbocycles. The van der Waals surface area contributed by atoms with Crippen LogP contribution >= 0.6 is 11.6 Å². The third-order valence-corrected chi connectivity index (χ3v) is 2.51. The zero-order valence-electron chi connectivity index (χ0n) is 10.1. The van der Waals surface area contributed by atoms with E-state index in [1.54, 1.807) is 0 Å². The van der Waals surface area contributed by atoms with Gasteiger partial charge in [-0.2, -0.15) is 5.10 Å². The molecule has 0 saturated heterocycles. The van der Waals surface area contributed by atoms with Gasteiger partial charge in [0.15, 0.2) is 0 Å². The van der Waals surface area contributed by atoms with E-state index in [1.165, 1.54) is 25.1 Å². The van der Waals surface area contributed by atoms with Crippen LogP contribution in [0.3, 0.4) is 0 Å². The standard InChI is InChI=1S/C10H14ClN3O4/c1-17-4-3-14-10(16)9(11)7(5-13-14)12-6-8(15)18-2/h5,12H,3-4,6H2,1-2H3. The molecule has 0 saturated carbocycles. The highest BCUT2D eigenvalue weighted by Gasteiger charge is 2.10. The van der Waals surface area contributed by atoms with Gasteiger partial charge in [-0.1, -0.05) is 11.6 Å². The maximum Gasteiger partial charge on any atom is 0.325 e. The summed E-state index contributed by atoms with van der Waals surface area (Å²) in [5.41, 5.74) is -0.149. The fourth-order valence-electron chi connectivity index (χ4n) is 1.16. The molecular formula is C10H14ClN3O4. The van der Waals surface area contributed by atoms with Crippen molar-refractivity contribution in [1.82, 2.24) is 9.78 Å². The monoisotopic (exact) mass is 275 g/mol. The number of hydrogen-bond acceptors (Lipinski definition) is 6. The molecule has 18 heavy (non-hydrogen) atoms. The Hall–Kier alpha value is -1.60. The van der Waals surface area contributed by atoms with E-state index >= 15 is 0 Å². The van der Waals surface area contributed by atoms with Gasteiger partial charge in [-0.05, 0) is 0 Å². The first kappa shape index (κ1) is 14.5. The second-order valence-corrected chi connectivity index (χ2v) is 3.70. The zero-order valence-corrected chi connectivity index (χ0v) is 10.9. The van der Waals surface area contributed by atoms with Crippen molar-refractivity contribution < 1.29 is 14.3 Å². The predicted molar refractivity (Wildman–Crippen MR) is 65.9 cm³/mol. The first-order valence-electron chi connectivity index (χ1n) is 5.15. The Morgan fingerprint density at radius 1 is 1.56 bits per heavy atom. The summed E-state index contributed by atoms with van der Waals surface area (Å²) >= 11 is 5.88. The van der Waals surface area contributed by atoms with Gasteiger partial charge < -0.3 is 14.8 Å². The van der Waals surface area contributed by atoms with E-state index in [9.17, 15) is 9.59 Å². The lowest BCUT2D eigenvalue weighted by atomic mass is 10.4. The minimum atomic E-state index is -0.463. The molecule has 100 valence electrons. The second kappa shape index (κ2) is 6.97. The molecule has 0 radical (unpaired) electrons. The fraction of sp³-hybridized carbons (Fsp3) is 0.500. The molecular weight excluding hydrogens is 262 g/mol. The van der Waals surface area contributed by atoms with E-state index in [4.69, 9.17) is 16.3 Å². The third kappa shape index (κ3) is 3.71. The van der Waals surface area contributed by atoms with Gasteiger partial charge in [-0.25, -0.2) is 4.68 Å². The van der Waals surface area contributed by atoms with Gasteiger partial charge in [0.25, 0.3) is 5.56 Å². The smallest absolute Gasteiger partial charge is 0.325 e. The van der Waals surface area contributed by atoms with Crippen molar-refractivity contribution >= 4 is 23.3 Å². The summed E-state index contributed by atoms with van der Waals surface area (Å²) in [7, 11) is 2.80. The Morgan fingerprint density at radius 2 is 2.28 bits per heavy atom. The lowest BCUT2D eigenvalue weighted by Gasteiger charge is -2.09. The van der Waals surface area contributed by atoms with Crippen LogP contribution in [0.2, 0.25) is 5.02 Å². The molecule has 0 bridgehead atoms. The van der Waals surface area contributed by atoms with Crippen LogP contribution in [-0.2, 0) is 20.8 Å². The summed E-state index contributed by atoms with van der Waals surface area (Å²) < 4.78 is 10.5. The molecule has 0 aliphatic rings. The van der Waals surface area contributed by atoms with Crippen LogP contribution in [0.4, 0.5) is 5.69 Å². The quantitative estimate of drug-likeness (QED) is 0.743. The van der Waals surface area contributed by atoms with Crippen LogP contribution in [0.25, 0.3) is 0 Å². The fourth-order valence-corrected chi connectivity index (χ4v) is 1.38. The normalized spacial score (nSPS) is 10.2. The summed E-state index contributed by atoms with van der Waals surface area (Å²) in [4.78, 5) is 22.7. The number of carbonyl (C=O) groups is 1. The van der Waals surface area contributed by atoms with Crippen LogP contribution < -0.4 is 10.9 Å². The van der Waals surface area contributed by atoms with Gasteiger partial charge in [0.1, 0.15) is 11.6 Å². The van der Waals surface area contributed by atoms with Crippen LogP contribution in [0.15, 0.2) is 11.0 Å². The summed E-state index contributed by atoms with van der Waals surface area (Å²) in [5.74, 6) is -0.463. The number of nitrogens with zero attached hydrogens (tertiary/aromatic N) is 2. The summed E-state index contributed by atoms with van der Waals surface area (Å²) in [5, 5.41) is 6.56. The lowest BCUT2D eigenvalue weighted by Crippen LogP contribution is -2.26. The van der Waals surface area contributed by atoms with Crippen molar-refractivity contribution in [1.29, 1.82) is 0 Å². The van der Waals surface area contributed by atoms with E-state index < -0.39 is 11.5 Å². The molecule has 1 aromatic rings. The topological polar surface area (TPSA) is 82.4 Å². The highest BCUT2D eigenvalue weighted by Crippen LogP contribution is 2.14. The average Bonchev–Trinajstić information content (AvgIpc) is 2.39. The number of rotatable bonds is 6. The van der Waals surface area contributed by atoms with E-state index in [0.717, 1.165) is 0 Å². The maximum atomic E-state index is 11.8. The predicted octanol–water partition coefficient (Wildman–Crippen LogP) is 0.128. The van der Waals surface area contributed by atoms with Crippen LogP contribution in [0.1, 0.15) is 0 Å². The minimum Gasteiger partial charge on any atom is -0.468 e. The number of esters is 1. The molecule has 0 atom stereocenters. The minimum absolute atomic E-state index is 0.0231. The van der Waals surface area contributed by atoms with Crippen molar-refractivity contribution in [3.05, 3.63) is 21.6 Å². The highest BCUT2D eigenvalue weighted by atomic mass is 35.5. The maximum absolute atomic E-state index is 11.8. The number of hydrogen-bond donors (Lipinski definition) is 1. The van der Waals surface area contributed by atoms with Crippen molar-refractivity contribution in [2.24, 2.45) is 0 Å². The van der Waals surface area contributed by atoms with Gasteiger partial charge in [-0.15, -0.1) is 0 Å². The number of anilines is 1. The molecule has 1 N–H and O–H groups in total. The average molecular weight is 276 g/mol. The molecule has 0 amide bonds. The van der Waals surface area contributed by atoms with Crippen LogP contribution in [0.5, 0.6) is 0 Å². The summed E-state index contributed by atoms with van der Waals surface area (Å²) in [6.07, 6.45) is 1.38. The lowest BCUT2D eigenvalue weighted by molar-refractivity contribution is -0.138. The Balaban J connectivity index is 2.80. The number of halogens is 1. The number of methoxy groups -OCH3 is 2. The van der Waals surface area contributed by atoms with Gasteiger partial charge in [-0.3, -0.25) is 9.59 Å². The first-order chi connectivity index (χ1) is 8.60. The Morgan fingerprint density at radius 3 is 2.89 bits per heavy atom. The van der Waals surface area contributed by atoms with Gasteiger partial charge in [0.05, 0.1) is 32.1 Å². The van der Waals surface area contributed by atoms with Gasteiger partial charge in [0, 0.05) is 7.11 Å². The Labute approximate surface area is 109 Å². The van der Waals surface area contributed by atoms with E-state index in [1.807, 2.05) is 0 Å². The summed E-state index contributed by atoms with van der Waals surface area (Å²) in [6, 6.07) is 0. The zero-order chi connectivity index (χ0) is 13.5. The third-order valence-electron chi connectivity index (χ3n) is 2.14. The van der Waals surface area contributed by atoms with Gasteiger partial charge >= 0.3 is 5.97 Å². The van der Waals surface area contributed by atoms with Crippen molar-refractivity contribution in [3.8, 4) is 0 Å². The summed E-state index contributed by atoms with van der Waals surface area (Å²) in [6.45, 7) is 0.587. The molecule has 1 heterocycles. The van der Waals surface area contributed by atoms with Crippen LogP contribution in [0, 0.1) is 0 Å². The number of nitrogens with one attached hydrogen (secondary N) is 1. The molecule has 0 aliphatic heterocycles. The number of ether oxygens (including phenoxy) is 2. The highest BCUT2D eigenvalue weighted by molar-refractivity contribution is 6.32. The second-order valence-electron chi connectivity index (χ2n) is 3.32. The molecule has 0 unspecified atom stereocenters. The van der Waals surface area contributed by atoms with E-state index in [0.29, 0.717) is 18.8 Å². The molecule has 1 aromatic heterocycles. The largest absolute Gasteiger partial charge is 0.468 e. The molecule has 0 fully saturated rings. The van der Waals surface area contributed by atoms with E-state index in [-0.39, 0.29) is 11.6 Å². The van der Waals surface area contributed by atoms with E-state index in [2.05, 4.69) is 15.2 Å². The Kier molecular flexibility index (Phi) is 5.60. The van der Waals surface area contributed by atoms with Gasteiger partial charge in [0.2, 0.25) is 0 Å². The van der Waals surface area contributed by atoms with Crippen molar-refractivity contribution in [2.75, 3.05) is 32.7 Å². The molecule has 8 heteroatoms. The van der Waals surface area contributed by atoms with Crippen LogP contribution in [-0.4, -0.2) is 43.1 Å². The van der Waals surface area contributed by atoms with Crippen molar-refractivity contribution in [2.45, 2.75) is 6.54 Å². The molecule has 1 rings (SSSR count). The number of aromatic nitrogens is 2. The molecule has 7 nitrogen and oxygen atoms in total. The van der Waals surface area contributed by atoms with Crippen molar-refractivity contribution in [3.63, 3.8) is 0 Å². The Bertz CT molecular complexity index is 475. The molecule has 0 spiro atoms. The number of carbonyl (C=O) groups excluding carboxylic acids is 1.